The lowest BCUT2D eigenvalue weighted by Gasteiger charge is -2.12. The fourth-order valence-electron chi connectivity index (χ4n) is 1.52. The second-order valence-corrected chi connectivity index (χ2v) is 4.90. The van der Waals surface area contributed by atoms with E-state index in [1.54, 1.807) is 6.92 Å². The Labute approximate surface area is 128 Å². The van der Waals surface area contributed by atoms with Gasteiger partial charge < -0.3 is 14.8 Å². The Bertz CT molecular complexity index is 480. The first kappa shape index (κ1) is 17.8. The van der Waals surface area contributed by atoms with Gasteiger partial charge in [0.1, 0.15) is 5.75 Å². The number of carbonyl (C=O) groups is 1. The number of esters is 1. The van der Waals surface area contributed by atoms with Crippen molar-refractivity contribution in [3.63, 3.8) is 0 Å². The van der Waals surface area contributed by atoms with Crippen LogP contribution < -0.4 is 10.1 Å². The van der Waals surface area contributed by atoms with Crippen LogP contribution in [0, 0.1) is 0 Å². The largest absolute Gasteiger partial charge is 0.573 e. The fourth-order valence-corrected chi connectivity index (χ4v) is 2.03. The van der Waals surface area contributed by atoms with E-state index in [2.05, 4.69) is 26.0 Å². The molecule has 0 saturated carbocycles. The van der Waals surface area contributed by atoms with Crippen LogP contribution in [0.3, 0.4) is 0 Å². The van der Waals surface area contributed by atoms with Crippen molar-refractivity contribution in [1.82, 2.24) is 5.32 Å². The molecule has 0 radical (unpaired) electrons. The van der Waals surface area contributed by atoms with E-state index in [1.807, 2.05) is 0 Å². The van der Waals surface area contributed by atoms with E-state index in [4.69, 9.17) is 4.74 Å². The van der Waals surface area contributed by atoms with E-state index >= 15 is 0 Å². The lowest BCUT2D eigenvalue weighted by atomic mass is 10.2. The van der Waals surface area contributed by atoms with Gasteiger partial charge in [0.05, 0.1) is 17.5 Å². The molecule has 1 aromatic carbocycles. The number of rotatable bonds is 7. The van der Waals surface area contributed by atoms with E-state index in [-0.39, 0.29) is 22.6 Å². The van der Waals surface area contributed by atoms with Gasteiger partial charge >= 0.3 is 12.3 Å². The summed E-state index contributed by atoms with van der Waals surface area (Å²) < 4.78 is 45.2. The lowest BCUT2D eigenvalue weighted by Crippen LogP contribution is -2.19. The Morgan fingerprint density at radius 2 is 2.10 bits per heavy atom. The molecule has 118 valence electrons. The predicted octanol–water partition coefficient (Wildman–Crippen LogP) is 3.39. The van der Waals surface area contributed by atoms with Crippen molar-refractivity contribution in [2.75, 3.05) is 13.2 Å². The van der Waals surface area contributed by atoms with Crippen LogP contribution in [0.15, 0.2) is 22.7 Å². The summed E-state index contributed by atoms with van der Waals surface area (Å²) >= 11 is 3.03. The number of ether oxygens (including phenoxy) is 2. The standard InChI is InChI=1S/C13H15BrF3NO3/c1-2-20-12(19)5-6-18-8-9-3-4-11(10(14)7-9)21-13(15,16)17/h3-4,7,18H,2,5-6,8H2,1H3. The Kier molecular flexibility index (Phi) is 6.97. The highest BCUT2D eigenvalue weighted by Gasteiger charge is 2.31. The molecule has 0 fully saturated rings. The topological polar surface area (TPSA) is 47.6 Å². The minimum atomic E-state index is -4.72. The van der Waals surface area contributed by atoms with Gasteiger partial charge in [0.25, 0.3) is 0 Å². The summed E-state index contributed by atoms with van der Waals surface area (Å²) in [4.78, 5) is 11.1. The Morgan fingerprint density at radius 3 is 2.67 bits per heavy atom. The quantitative estimate of drug-likeness (QED) is 0.591. The van der Waals surface area contributed by atoms with Crippen LogP contribution in [0.2, 0.25) is 0 Å². The van der Waals surface area contributed by atoms with E-state index in [0.29, 0.717) is 19.7 Å². The Balaban J connectivity index is 2.43. The van der Waals surface area contributed by atoms with Crippen molar-refractivity contribution in [3.8, 4) is 5.75 Å². The summed E-state index contributed by atoms with van der Waals surface area (Å²) in [6.45, 7) is 2.92. The molecule has 8 heteroatoms. The highest BCUT2D eigenvalue weighted by Crippen LogP contribution is 2.30. The Hall–Kier alpha value is -1.28. The van der Waals surface area contributed by atoms with E-state index < -0.39 is 6.36 Å². The summed E-state index contributed by atoms with van der Waals surface area (Å²) in [5.74, 6) is -0.585. The molecule has 0 aliphatic rings. The highest BCUT2D eigenvalue weighted by molar-refractivity contribution is 9.10. The summed E-state index contributed by atoms with van der Waals surface area (Å²) in [5.41, 5.74) is 0.764. The zero-order valence-electron chi connectivity index (χ0n) is 11.3. The molecule has 21 heavy (non-hydrogen) atoms. The van der Waals surface area contributed by atoms with E-state index in [9.17, 15) is 18.0 Å². The molecular weight excluding hydrogens is 355 g/mol. The minimum absolute atomic E-state index is 0.213. The van der Waals surface area contributed by atoms with Gasteiger partial charge in [-0.05, 0) is 40.5 Å². The number of carbonyl (C=O) groups excluding carboxylic acids is 1. The highest BCUT2D eigenvalue weighted by atomic mass is 79.9. The first-order valence-corrected chi connectivity index (χ1v) is 7.01. The second-order valence-electron chi connectivity index (χ2n) is 4.04. The lowest BCUT2D eigenvalue weighted by molar-refractivity contribution is -0.274. The third kappa shape index (κ3) is 7.33. The van der Waals surface area contributed by atoms with Gasteiger partial charge in [0.2, 0.25) is 0 Å². The number of hydrogen-bond donors (Lipinski definition) is 1. The summed E-state index contributed by atoms with van der Waals surface area (Å²) in [7, 11) is 0. The van der Waals surface area contributed by atoms with Crippen molar-refractivity contribution in [3.05, 3.63) is 28.2 Å². The third-order valence-electron chi connectivity index (χ3n) is 2.36. The van der Waals surface area contributed by atoms with Crippen LogP contribution in [-0.4, -0.2) is 25.5 Å². The number of halogens is 4. The molecule has 0 aliphatic heterocycles. The Morgan fingerprint density at radius 1 is 1.38 bits per heavy atom. The van der Waals surface area contributed by atoms with Crippen molar-refractivity contribution >= 4 is 21.9 Å². The number of nitrogens with one attached hydrogen (secondary N) is 1. The average Bonchev–Trinajstić information content (AvgIpc) is 2.37. The third-order valence-corrected chi connectivity index (χ3v) is 2.98. The van der Waals surface area contributed by atoms with Gasteiger partial charge in [-0.2, -0.15) is 0 Å². The molecule has 0 aromatic heterocycles. The van der Waals surface area contributed by atoms with Crippen LogP contribution in [0.25, 0.3) is 0 Å². The molecule has 0 aliphatic carbocycles. The number of hydrogen-bond acceptors (Lipinski definition) is 4. The van der Waals surface area contributed by atoms with Crippen molar-refractivity contribution in [2.45, 2.75) is 26.3 Å². The molecule has 0 amide bonds. The molecule has 0 spiro atoms. The maximum absolute atomic E-state index is 12.1. The van der Waals surface area contributed by atoms with Crippen LogP contribution in [0.1, 0.15) is 18.9 Å². The fraction of sp³-hybridized carbons (Fsp3) is 0.462. The smallest absolute Gasteiger partial charge is 0.466 e. The van der Waals surface area contributed by atoms with Crippen molar-refractivity contribution < 1.29 is 27.4 Å². The van der Waals surface area contributed by atoms with Gasteiger partial charge in [-0.3, -0.25) is 4.79 Å². The van der Waals surface area contributed by atoms with Crippen molar-refractivity contribution in [2.24, 2.45) is 0 Å². The molecule has 1 aromatic rings. The summed E-state index contributed by atoms with van der Waals surface area (Å²) in [6, 6.07) is 4.28. The maximum Gasteiger partial charge on any atom is 0.573 e. The van der Waals surface area contributed by atoms with Gasteiger partial charge in [-0.15, -0.1) is 13.2 Å². The van der Waals surface area contributed by atoms with Gasteiger partial charge in [-0.25, -0.2) is 0 Å². The molecule has 1 N–H and O–H groups in total. The predicted molar refractivity (Wildman–Crippen MR) is 73.8 cm³/mol. The zero-order chi connectivity index (χ0) is 15.9. The maximum atomic E-state index is 12.1. The SMILES string of the molecule is CCOC(=O)CCNCc1ccc(OC(F)(F)F)c(Br)c1. The van der Waals surface area contributed by atoms with Crippen molar-refractivity contribution in [1.29, 1.82) is 0 Å². The monoisotopic (exact) mass is 369 g/mol. The second kappa shape index (κ2) is 8.23. The molecule has 0 saturated heterocycles. The first-order valence-electron chi connectivity index (χ1n) is 6.22. The van der Waals surface area contributed by atoms with Crippen LogP contribution >= 0.6 is 15.9 Å². The number of benzene rings is 1. The van der Waals surface area contributed by atoms with Gasteiger partial charge in [0, 0.05) is 13.1 Å². The molecule has 0 heterocycles. The van der Waals surface area contributed by atoms with Gasteiger partial charge in [-0.1, -0.05) is 6.07 Å². The summed E-state index contributed by atoms with van der Waals surface area (Å²) in [6.07, 6.45) is -4.48. The van der Waals surface area contributed by atoms with E-state index in [0.717, 1.165) is 5.56 Å². The molecule has 0 atom stereocenters. The van der Waals surface area contributed by atoms with Crippen LogP contribution in [0.4, 0.5) is 13.2 Å². The molecule has 0 unspecified atom stereocenters. The average molecular weight is 370 g/mol. The normalized spacial score (nSPS) is 11.3. The van der Waals surface area contributed by atoms with Gasteiger partial charge in [0.15, 0.2) is 0 Å². The molecule has 1 rings (SSSR count). The first-order chi connectivity index (χ1) is 9.81. The molecule has 4 nitrogen and oxygen atoms in total. The minimum Gasteiger partial charge on any atom is -0.466 e. The molecular formula is C13H15BrF3NO3. The van der Waals surface area contributed by atoms with E-state index in [1.165, 1.54) is 18.2 Å². The number of alkyl halides is 3. The molecule has 0 bridgehead atoms. The summed E-state index contributed by atoms with van der Waals surface area (Å²) in [5, 5.41) is 3.00. The zero-order valence-corrected chi connectivity index (χ0v) is 12.9. The van der Waals surface area contributed by atoms with Crippen LogP contribution in [0.5, 0.6) is 5.75 Å². The van der Waals surface area contributed by atoms with Crippen LogP contribution in [-0.2, 0) is 16.1 Å².